The molecule has 6 nitrogen and oxygen atoms in total. The van der Waals surface area contributed by atoms with E-state index in [4.69, 9.17) is 5.73 Å². The van der Waals surface area contributed by atoms with E-state index in [9.17, 15) is 4.79 Å². The molecule has 0 spiro atoms. The average Bonchev–Trinajstić information content (AvgIpc) is 2.72. The highest BCUT2D eigenvalue weighted by Gasteiger charge is 2.07. The minimum absolute atomic E-state index is 0.192. The summed E-state index contributed by atoms with van der Waals surface area (Å²) >= 11 is 0. The monoisotopic (exact) mass is 231 g/mol. The summed E-state index contributed by atoms with van der Waals surface area (Å²) in [5, 5.41) is 2.76. The lowest BCUT2D eigenvalue weighted by Crippen LogP contribution is -2.24. The maximum Gasteiger partial charge on any atom is 0.251 e. The molecular weight excluding hydrogens is 218 g/mol. The van der Waals surface area contributed by atoms with Crippen molar-refractivity contribution in [1.29, 1.82) is 0 Å². The van der Waals surface area contributed by atoms with Crippen LogP contribution in [0, 0.1) is 0 Å². The van der Waals surface area contributed by atoms with Crippen molar-refractivity contribution in [2.75, 3.05) is 5.73 Å². The fourth-order valence-corrected chi connectivity index (χ4v) is 1.42. The van der Waals surface area contributed by atoms with E-state index in [1.165, 1.54) is 12.3 Å². The number of carbonyl (C=O) groups is 1. The summed E-state index contributed by atoms with van der Waals surface area (Å²) in [5.74, 6) is 0.928. The van der Waals surface area contributed by atoms with Gasteiger partial charge in [-0.3, -0.25) is 4.79 Å². The normalized spacial score (nSPS) is 10.2. The van der Waals surface area contributed by atoms with Gasteiger partial charge in [-0.1, -0.05) is 0 Å². The second kappa shape index (κ2) is 4.65. The average molecular weight is 231 g/mol. The van der Waals surface area contributed by atoms with Gasteiger partial charge in [0.15, 0.2) is 0 Å². The Kier molecular flexibility index (Phi) is 3.04. The maximum absolute atomic E-state index is 11.8. The van der Waals surface area contributed by atoms with Crippen LogP contribution in [0.15, 0.2) is 30.7 Å². The zero-order chi connectivity index (χ0) is 12.3. The lowest BCUT2D eigenvalue weighted by atomic mass is 10.2. The van der Waals surface area contributed by atoms with E-state index in [1.54, 1.807) is 12.3 Å². The fourth-order valence-electron chi connectivity index (χ4n) is 1.42. The number of nitrogens with one attached hydrogen (secondary N) is 1. The Morgan fingerprint density at radius 2 is 2.29 bits per heavy atom. The van der Waals surface area contributed by atoms with Crippen LogP contribution >= 0.6 is 0 Å². The third-order valence-corrected chi connectivity index (χ3v) is 2.37. The summed E-state index contributed by atoms with van der Waals surface area (Å²) in [6.45, 7) is 0.380. The molecule has 2 aromatic heterocycles. The first-order valence-corrected chi connectivity index (χ1v) is 5.13. The van der Waals surface area contributed by atoms with Crippen LogP contribution in [0.3, 0.4) is 0 Å². The Hall–Kier alpha value is -2.37. The number of aryl methyl sites for hydroxylation is 1. The number of pyridine rings is 1. The van der Waals surface area contributed by atoms with Gasteiger partial charge in [0.1, 0.15) is 11.6 Å². The van der Waals surface area contributed by atoms with E-state index in [0.29, 0.717) is 17.9 Å². The van der Waals surface area contributed by atoms with E-state index in [0.717, 1.165) is 5.82 Å². The molecule has 0 saturated carbocycles. The smallest absolute Gasteiger partial charge is 0.251 e. The van der Waals surface area contributed by atoms with Crippen LogP contribution in [-0.4, -0.2) is 20.4 Å². The number of nitrogens with two attached hydrogens (primary N) is 1. The molecule has 2 aromatic rings. The minimum atomic E-state index is -0.192. The molecule has 88 valence electrons. The Bertz CT molecular complexity index is 534. The first-order valence-electron chi connectivity index (χ1n) is 5.13. The molecule has 6 heteroatoms. The van der Waals surface area contributed by atoms with Crippen molar-refractivity contribution in [3.05, 3.63) is 42.1 Å². The Morgan fingerprint density at radius 3 is 2.94 bits per heavy atom. The van der Waals surface area contributed by atoms with Crippen LogP contribution in [0.4, 0.5) is 5.82 Å². The standard InChI is InChI=1S/C11H13N5O/c1-16-5-4-14-10(16)7-15-11(17)8-2-3-13-9(12)6-8/h2-6H,7H2,1H3,(H2,12,13)(H,15,17). The molecule has 1 amide bonds. The summed E-state index contributed by atoms with van der Waals surface area (Å²) < 4.78 is 1.85. The molecule has 3 N–H and O–H groups in total. The molecule has 0 bridgehead atoms. The number of nitrogens with zero attached hydrogens (tertiary/aromatic N) is 3. The lowest BCUT2D eigenvalue weighted by molar-refractivity contribution is 0.0949. The number of rotatable bonds is 3. The van der Waals surface area contributed by atoms with Gasteiger partial charge in [0, 0.05) is 31.2 Å². The van der Waals surface area contributed by atoms with Gasteiger partial charge in [-0.25, -0.2) is 9.97 Å². The van der Waals surface area contributed by atoms with Crippen molar-refractivity contribution in [1.82, 2.24) is 19.9 Å². The molecule has 0 aliphatic carbocycles. The minimum Gasteiger partial charge on any atom is -0.384 e. The molecule has 17 heavy (non-hydrogen) atoms. The number of hydrogen-bond acceptors (Lipinski definition) is 4. The first-order chi connectivity index (χ1) is 8.16. The van der Waals surface area contributed by atoms with Gasteiger partial charge in [-0.2, -0.15) is 0 Å². The van der Waals surface area contributed by atoms with Crippen molar-refractivity contribution in [2.24, 2.45) is 7.05 Å². The molecule has 0 aromatic carbocycles. The highest BCUT2D eigenvalue weighted by molar-refractivity contribution is 5.94. The Balaban J connectivity index is 2.01. The second-order valence-electron chi connectivity index (χ2n) is 3.61. The SMILES string of the molecule is Cn1ccnc1CNC(=O)c1ccnc(N)c1. The van der Waals surface area contributed by atoms with Crippen LogP contribution in [0.2, 0.25) is 0 Å². The molecule has 0 aliphatic rings. The topological polar surface area (TPSA) is 85.8 Å². The van der Waals surface area contributed by atoms with Gasteiger partial charge in [0.05, 0.1) is 6.54 Å². The van der Waals surface area contributed by atoms with Crippen molar-refractivity contribution in [3.63, 3.8) is 0 Å². The molecule has 0 radical (unpaired) electrons. The molecule has 0 atom stereocenters. The third-order valence-electron chi connectivity index (χ3n) is 2.37. The predicted molar refractivity (Wildman–Crippen MR) is 63.0 cm³/mol. The van der Waals surface area contributed by atoms with Crippen molar-refractivity contribution >= 4 is 11.7 Å². The number of imidazole rings is 1. The Labute approximate surface area is 98.5 Å². The molecule has 0 aliphatic heterocycles. The number of hydrogen-bond donors (Lipinski definition) is 2. The number of aromatic nitrogens is 3. The zero-order valence-electron chi connectivity index (χ0n) is 9.42. The number of carbonyl (C=O) groups excluding carboxylic acids is 1. The second-order valence-corrected chi connectivity index (χ2v) is 3.61. The van der Waals surface area contributed by atoms with E-state index >= 15 is 0 Å². The summed E-state index contributed by atoms with van der Waals surface area (Å²) in [5.41, 5.74) is 6.00. The van der Waals surface area contributed by atoms with E-state index in [1.807, 2.05) is 17.8 Å². The zero-order valence-corrected chi connectivity index (χ0v) is 9.42. The van der Waals surface area contributed by atoms with Gasteiger partial charge in [0.25, 0.3) is 5.91 Å². The molecule has 0 unspecified atom stereocenters. The summed E-state index contributed by atoms with van der Waals surface area (Å²) in [6, 6.07) is 3.15. The molecule has 0 saturated heterocycles. The van der Waals surface area contributed by atoms with Crippen molar-refractivity contribution in [2.45, 2.75) is 6.54 Å². The van der Waals surface area contributed by atoms with Gasteiger partial charge in [0.2, 0.25) is 0 Å². The highest BCUT2D eigenvalue weighted by Crippen LogP contribution is 2.03. The van der Waals surface area contributed by atoms with Gasteiger partial charge in [-0.15, -0.1) is 0 Å². The molecule has 0 fully saturated rings. The van der Waals surface area contributed by atoms with Crippen LogP contribution in [0.5, 0.6) is 0 Å². The number of nitrogen functional groups attached to an aromatic ring is 1. The number of amides is 1. The van der Waals surface area contributed by atoms with Gasteiger partial charge >= 0.3 is 0 Å². The summed E-state index contributed by atoms with van der Waals surface area (Å²) in [4.78, 5) is 19.7. The summed E-state index contributed by atoms with van der Waals surface area (Å²) in [6.07, 6.45) is 5.02. The van der Waals surface area contributed by atoms with Crippen LogP contribution < -0.4 is 11.1 Å². The van der Waals surface area contributed by atoms with Crippen molar-refractivity contribution in [3.8, 4) is 0 Å². The summed E-state index contributed by atoms with van der Waals surface area (Å²) in [7, 11) is 1.87. The van der Waals surface area contributed by atoms with Gasteiger partial charge < -0.3 is 15.6 Å². The largest absolute Gasteiger partial charge is 0.384 e. The van der Waals surface area contributed by atoms with E-state index in [-0.39, 0.29) is 5.91 Å². The van der Waals surface area contributed by atoms with E-state index < -0.39 is 0 Å². The van der Waals surface area contributed by atoms with Crippen LogP contribution in [0.25, 0.3) is 0 Å². The fraction of sp³-hybridized carbons (Fsp3) is 0.182. The van der Waals surface area contributed by atoms with Crippen LogP contribution in [0.1, 0.15) is 16.2 Å². The van der Waals surface area contributed by atoms with E-state index in [2.05, 4.69) is 15.3 Å². The first kappa shape index (κ1) is 11.1. The predicted octanol–water partition coefficient (Wildman–Crippen LogP) is 0.327. The quantitative estimate of drug-likeness (QED) is 0.797. The van der Waals surface area contributed by atoms with Crippen molar-refractivity contribution < 1.29 is 4.79 Å². The van der Waals surface area contributed by atoms with Crippen LogP contribution in [-0.2, 0) is 13.6 Å². The third kappa shape index (κ3) is 2.60. The molecule has 2 heterocycles. The molecular formula is C11H13N5O. The maximum atomic E-state index is 11.8. The lowest BCUT2D eigenvalue weighted by Gasteiger charge is -2.05. The molecule has 2 rings (SSSR count). The number of anilines is 1. The van der Waals surface area contributed by atoms with Gasteiger partial charge in [-0.05, 0) is 12.1 Å². The highest BCUT2D eigenvalue weighted by atomic mass is 16.1. The Morgan fingerprint density at radius 1 is 1.47 bits per heavy atom.